The van der Waals surface area contributed by atoms with E-state index in [2.05, 4.69) is 36.3 Å². The van der Waals surface area contributed by atoms with E-state index in [-0.39, 0.29) is 5.91 Å². The molecule has 1 saturated heterocycles. The van der Waals surface area contributed by atoms with E-state index in [1.54, 1.807) is 7.11 Å². The van der Waals surface area contributed by atoms with Crippen LogP contribution in [-0.2, 0) is 17.8 Å². The van der Waals surface area contributed by atoms with Crippen LogP contribution in [0.4, 0.5) is 5.69 Å². The Morgan fingerprint density at radius 3 is 2.55 bits per heavy atom. The summed E-state index contributed by atoms with van der Waals surface area (Å²) in [6.45, 7) is 4.63. The summed E-state index contributed by atoms with van der Waals surface area (Å²) in [6.07, 6.45) is 2.81. The van der Waals surface area contributed by atoms with Crippen molar-refractivity contribution in [1.82, 2.24) is 5.32 Å². The van der Waals surface area contributed by atoms with Crippen LogP contribution in [0.1, 0.15) is 29.2 Å². The van der Waals surface area contributed by atoms with Gasteiger partial charge in [-0.05, 0) is 72.1 Å². The van der Waals surface area contributed by atoms with Gasteiger partial charge in [-0.1, -0.05) is 55.0 Å². The van der Waals surface area contributed by atoms with Gasteiger partial charge in [0.2, 0.25) is 0 Å². The molecular weight excluding hydrogens is 432 g/mol. The quantitative estimate of drug-likeness (QED) is 0.439. The van der Waals surface area contributed by atoms with Gasteiger partial charge in [-0.2, -0.15) is 0 Å². The van der Waals surface area contributed by atoms with Gasteiger partial charge in [-0.3, -0.25) is 4.79 Å². The number of ether oxygens (including phenoxy) is 2. The molecule has 0 unspecified atom stereocenters. The number of amidine groups is 1. The third kappa shape index (κ3) is 5.84. The molecule has 1 fully saturated rings. The van der Waals surface area contributed by atoms with Crippen LogP contribution in [0.3, 0.4) is 0 Å². The monoisotopic (exact) mass is 458 g/mol. The maximum absolute atomic E-state index is 12.5. The molecule has 4 rings (SSSR count). The van der Waals surface area contributed by atoms with Crippen LogP contribution in [0.2, 0.25) is 0 Å². The largest absolute Gasteiger partial charge is 0.493 e. The molecular formula is C27H26N2O3S. The van der Waals surface area contributed by atoms with Crippen molar-refractivity contribution in [2.24, 2.45) is 4.99 Å². The van der Waals surface area contributed by atoms with E-state index in [4.69, 9.17) is 9.47 Å². The van der Waals surface area contributed by atoms with Crippen molar-refractivity contribution >= 4 is 34.6 Å². The SMILES string of the molecule is CCc1ccc(N=C2NC(=O)/C(=C/c3ccc(OCc4cccc(C)c4)c(OC)c3)S2)cc1. The van der Waals surface area contributed by atoms with Crippen molar-refractivity contribution in [2.45, 2.75) is 26.9 Å². The number of carbonyl (C=O) groups excluding carboxylic acids is 1. The molecule has 0 bridgehead atoms. The van der Waals surface area contributed by atoms with Gasteiger partial charge in [-0.15, -0.1) is 0 Å². The number of nitrogens with one attached hydrogen (secondary N) is 1. The number of hydrogen-bond donors (Lipinski definition) is 1. The Kier molecular flexibility index (Phi) is 7.15. The third-order valence-electron chi connectivity index (χ3n) is 5.19. The molecule has 0 saturated carbocycles. The van der Waals surface area contributed by atoms with E-state index in [1.165, 1.54) is 22.9 Å². The van der Waals surface area contributed by atoms with Crippen LogP contribution in [-0.4, -0.2) is 18.2 Å². The molecule has 1 aliphatic heterocycles. The van der Waals surface area contributed by atoms with Crippen molar-refractivity contribution < 1.29 is 14.3 Å². The number of benzene rings is 3. The topological polar surface area (TPSA) is 59.9 Å². The lowest BCUT2D eigenvalue weighted by Crippen LogP contribution is -2.19. The van der Waals surface area contributed by atoms with Crippen molar-refractivity contribution in [3.63, 3.8) is 0 Å². The van der Waals surface area contributed by atoms with E-state index in [9.17, 15) is 4.79 Å². The first-order chi connectivity index (χ1) is 16.0. The van der Waals surface area contributed by atoms with Gasteiger partial charge in [0.1, 0.15) is 6.61 Å². The number of aliphatic imine (C=N–C) groups is 1. The van der Waals surface area contributed by atoms with E-state index < -0.39 is 0 Å². The number of aryl methyl sites for hydroxylation is 2. The van der Waals surface area contributed by atoms with Gasteiger partial charge in [-0.25, -0.2) is 4.99 Å². The summed E-state index contributed by atoms with van der Waals surface area (Å²) in [6, 6.07) is 21.9. The van der Waals surface area contributed by atoms with Gasteiger partial charge >= 0.3 is 0 Å². The lowest BCUT2D eigenvalue weighted by molar-refractivity contribution is -0.115. The molecule has 1 aliphatic rings. The molecule has 3 aromatic rings. The highest BCUT2D eigenvalue weighted by Gasteiger charge is 2.24. The molecule has 0 radical (unpaired) electrons. The molecule has 168 valence electrons. The highest BCUT2D eigenvalue weighted by Crippen LogP contribution is 2.32. The fraction of sp³-hybridized carbons (Fsp3) is 0.185. The lowest BCUT2D eigenvalue weighted by Gasteiger charge is -2.12. The maximum Gasteiger partial charge on any atom is 0.264 e. The molecule has 6 heteroatoms. The molecule has 1 heterocycles. The molecule has 0 aliphatic carbocycles. The van der Waals surface area contributed by atoms with Crippen LogP contribution >= 0.6 is 11.8 Å². The van der Waals surface area contributed by atoms with Crippen LogP contribution in [0.5, 0.6) is 11.5 Å². The van der Waals surface area contributed by atoms with Gasteiger partial charge in [0.15, 0.2) is 16.7 Å². The first kappa shape index (κ1) is 22.7. The minimum Gasteiger partial charge on any atom is -0.493 e. The van der Waals surface area contributed by atoms with Gasteiger partial charge in [0.05, 0.1) is 17.7 Å². The Balaban J connectivity index is 1.47. The Labute approximate surface area is 198 Å². The zero-order valence-electron chi connectivity index (χ0n) is 18.9. The number of carbonyl (C=O) groups is 1. The highest BCUT2D eigenvalue weighted by molar-refractivity contribution is 8.18. The Morgan fingerprint density at radius 1 is 1.00 bits per heavy atom. The molecule has 0 spiro atoms. The molecule has 0 aromatic heterocycles. The lowest BCUT2D eigenvalue weighted by atomic mass is 10.1. The van der Waals surface area contributed by atoms with Crippen LogP contribution in [0, 0.1) is 6.92 Å². The van der Waals surface area contributed by atoms with Crippen molar-refractivity contribution in [1.29, 1.82) is 0 Å². The third-order valence-corrected chi connectivity index (χ3v) is 6.10. The molecule has 0 atom stereocenters. The Morgan fingerprint density at radius 2 is 1.82 bits per heavy atom. The Hall–Kier alpha value is -3.51. The number of hydrogen-bond acceptors (Lipinski definition) is 5. The highest BCUT2D eigenvalue weighted by atomic mass is 32.2. The first-order valence-corrected chi connectivity index (χ1v) is 11.6. The van der Waals surface area contributed by atoms with Gasteiger partial charge in [0, 0.05) is 0 Å². The van der Waals surface area contributed by atoms with E-state index >= 15 is 0 Å². The normalized spacial score (nSPS) is 15.7. The average molecular weight is 459 g/mol. The number of rotatable bonds is 7. The summed E-state index contributed by atoms with van der Waals surface area (Å²) in [5.41, 5.74) is 5.20. The van der Waals surface area contributed by atoms with E-state index in [0.29, 0.717) is 28.2 Å². The van der Waals surface area contributed by atoms with Crippen molar-refractivity contribution in [3.8, 4) is 11.5 Å². The second kappa shape index (κ2) is 10.4. The second-order valence-electron chi connectivity index (χ2n) is 7.69. The van der Waals surface area contributed by atoms with Crippen LogP contribution in [0.25, 0.3) is 6.08 Å². The fourth-order valence-electron chi connectivity index (χ4n) is 3.41. The van der Waals surface area contributed by atoms with Crippen molar-refractivity contribution in [3.05, 3.63) is 93.9 Å². The number of methoxy groups -OCH3 is 1. The molecule has 1 N–H and O–H groups in total. The Bertz CT molecular complexity index is 1220. The maximum atomic E-state index is 12.5. The first-order valence-electron chi connectivity index (χ1n) is 10.8. The predicted molar refractivity (Wildman–Crippen MR) is 135 cm³/mol. The number of amides is 1. The van der Waals surface area contributed by atoms with Crippen molar-refractivity contribution in [2.75, 3.05) is 7.11 Å². The summed E-state index contributed by atoms with van der Waals surface area (Å²) < 4.78 is 11.5. The summed E-state index contributed by atoms with van der Waals surface area (Å²) in [7, 11) is 1.61. The van der Waals surface area contributed by atoms with E-state index in [0.717, 1.165) is 23.2 Å². The van der Waals surface area contributed by atoms with Gasteiger partial charge in [0.25, 0.3) is 5.91 Å². The standard InChI is InChI=1S/C27H26N2O3S/c1-4-19-8-11-22(12-9-19)28-27-29-26(30)25(33-27)16-20-10-13-23(24(15-20)31-3)32-17-21-7-5-6-18(2)14-21/h5-16H,4,17H2,1-3H3,(H,28,29,30)/b25-16-. The van der Waals surface area contributed by atoms with E-state index in [1.807, 2.05) is 60.7 Å². The van der Waals surface area contributed by atoms with Crippen LogP contribution in [0.15, 0.2) is 76.6 Å². The summed E-state index contributed by atoms with van der Waals surface area (Å²) in [5, 5.41) is 3.40. The van der Waals surface area contributed by atoms with Crippen LogP contribution < -0.4 is 14.8 Å². The number of nitrogens with zero attached hydrogens (tertiary/aromatic N) is 1. The molecule has 33 heavy (non-hydrogen) atoms. The molecule has 3 aromatic carbocycles. The second-order valence-corrected chi connectivity index (χ2v) is 8.72. The summed E-state index contributed by atoms with van der Waals surface area (Å²) in [4.78, 5) is 17.6. The number of thioether (sulfide) groups is 1. The predicted octanol–water partition coefficient (Wildman–Crippen LogP) is 6.04. The minimum absolute atomic E-state index is 0.164. The minimum atomic E-state index is -0.164. The zero-order valence-corrected chi connectivity index (χ0v) is 19.7. The molecule has 5 nitrogen and oxygen atoms in total. The average Bonchev–Trinajstić information content (AvgIpc) is 3.16. The zero-order chi connectivity index (χ0) is 23.2. The smallest absolute Gasteiger partial charge is 0.264 e. The van der Waals surface area contributed by atoms with Gasteiger partial charge < -0.3 is 14.8 Å². The fourth-order valence-corrected chi connectivity index (χ4v) is 4.25. The molecule has 1 amide bonds. The summed E-state index contributed by atoms with van der Waals surface area (Å²) in [5.74, 6) is 1.11. The summed E-state index contributed by atoms with van der Waals surface area (Å²) >= 11 is 1.32.